The molecule has 1 aliphatic rings. The number of nitrogens with zero attached hydrogens (tertiary/aromatic N) is 1. The molecule has 0 amide bonds. The average molecular weight is 360 g/mol. The highest BCUT2D eigenvalue weighted by molar-refractivity contribution is 9.10. The van der Waals surface area contributed by atoms with E-state index in [2.05, 4.69) is 59.1 Å². The van der Waals surface area contributed by atoms with Gasteiger partial charge in [-0.1, -0.05) is 25.4 Å². The van der Waals surface area contributed by atoms with Crippen molar-refractivity contribution in [2.24, 2.45) is 5.92 Å². The molecule has 1 N–H and O–H groups in total. The fourth-order valence-corrected chi connectivity index (χ4v) is 3.69. The van der Waals surface area contributed by atoms with Crippen LogP contribution in [0.1, 0.15) is 32.8 Å². The number of aryl methyl sites for hydroxylation is 1. The number of benzene rings is 1. The SMILES string of the molecule is Cc1cc(Br)c(N2CC(CC(C)C)NCC2C)cc1Cl. The summed E-state index contributed by atoms with van der Waals surface area (Å²) in [5, 5.41) is 4.50. The van der Waals surface area contributed by atoms with Gasteiger partial charge in [0.05, 0.1) is 5.69 Å². The lowest BCUT2D eigenvalue weighted by Gasteiger charge is -2.41. The number of halogens is 2. The van der Waals surface area contributed by atoms with Crippen LogP contribution in [-0.2, 0) is 0 Å². The third-order valence-electron chi connectivity index (χ3n) is 3.94. The lowest BCUT2D eigenvalue weighted by molar-refractivity contribution is 0.355. The molecule has 1 aromatic rings. The van der Waals surface area contributed by atoms with Crippen LogP contribution in [0.25, 0.3) is 0 Å². The minimum absolute atomic E-state index is 0.480. The van der Waals surface area contributed by atoms with Crippen LogP contribution in [0.3, 0.4) is 0 Å². The fraction of sp³-hybridized carbons (Fsp3) is 0.625. The lowest BCUT2D eigenvalue weighted by atomic mass is 9.99. The van der Waals surface area contributed by atoms with Crippen molar-refractivity contribution in [1.82, 2.24) is 5.32 Å². The van der Waals surface area contributed by atoms with Gasteiger partial charge < -0.3 is 10.2 Å². The van der Waals surface area contributed by atoms with Crippen LogP contribution in [0.15, 0.2) is 16.6 Å². The molecule has 0 aromatic heterocycles. The first-order chi connectivity index (χ1) is 9.38. The second-order valence-electron chi connectivity index (χ2n) is 6.29. The Kier molecular flexibility index (Phi) is 5.38. The molecular formula is C16H24BrClN2. The van der Waals surface area contributed by atoms with E-state index in [1.165, 1.54) is 12.1 Å². The summed E-state index contributed by atoms with van der Waals surface area (Å²) in [6.45, 7) is 10.9. The Labute approximate surface area is 136 Å². The smallest absolute Gasteiger partial charge is 0.0529 e. The van der Waals surface area contributed by atoms with Crippen molar-refractivity contribution >= 4 is 33.2 Å². The number of hydrogen-bond donors (Lipinski definition) is 1. The van der Waals surface area contributed by atoms with E-state index in [4.69, 9.17) is 11.6 Å². The molecule has 1 aliphatic heterocycles. The van der Waals surface area contributed by atoms with Crippen molar-refractivity contribution < 1.29 is 0 Å². The predicted molar refractivity (Wildman–Crippen MR) is 91.9 cm³/mol. The van der Waals surface area contributed by atoms with E-state index in [0.717, 1.165) is 28.1 Å². The first-order valence-corrected chi connectivity index (χ1v) is 8.51. The van der Waals surface area contributed by atoms with Crippen molar-refractivity contribution in [1.29, 1.82) is 0 Å². The van der Waals surface area contributed by atoms with Crippen LogP contribution >= 0.6 is 27.5 Å². The van der Waals surface area contributed by atoms with Gasteiger partial charge in [-0.2, -0.15) is 0 Å². The summed E-state index contributed by atoms with van der Waals surface area (Å²) < 4.78 is 1.14. The van der Waals surface area contributed by atoms with Crippen LogP contribution in [-0.4, -0.2) is 25.2 Å². The molecule has 112 valence electrons. The summed E-state index contributed by atoms with van der Waals surface area (Å²) in [7, 11) is 0. The molecular weight excluding hydrogens is 336 g/mol. The van der Waals surface area contributed by atoms with E-state index in [0.29, 0.717) is 18.0 Å². The van der Waals surface area contributed by atoms with Gasteiger partial charge in [0.2, 0.25) is 0 Å². The Bertz CT molecular complexity index is 476. The number of anilines is 1. The van der Waals surface area contributed by atoms with Gasteiger partial charge in [0.1, 0.15) is 0 Å². The predicted octanol–water partition coefficient (Wildman–Crippen LogP) is 4.62. The topological polar surface area (TPSA) is 15.3 Å². The highest BCUT2D eigenvalue weighted by Crippen LogP contribution is 2.34. The van der Waals surface area contributed by atoms with E-state index in [1.807, 2.05) is 6.92 Å². The monoisotopic (exact) mass is 358 g/mol. The molecule has 1 saturated heterocycles. The molecule has 1 fully saturated rings. The third kappa shape index (κ3) is 3.69. The van der Waals surface area contributed by atoms with Crippen LogP contribution in [0.4, 0.5) is 5.69 Å². The molecule has 0 saturated carbocycles. The van der Waals surface area contributed by atoms with E-state index >= 15 is 0 Å². The normalized spacial score (nSPS) is 23.4. The summed E-state index contributed by atoms with van der Waals surface area (Å²) in [5.41, 5.74) is 2.33. The first-order valence-electron chi connectivity index (χ1n) is 7.34. The molecule has 20 heavy (non-hydrogen) atoms. The second-order valence-corrected chi connectivity index (χ2v) is 7.55. The summed E-state index contributed by atoms with van der Waals surface area (Å²) in [6, 6.07) is 5.24. The van der Waals surface area contributed by atoms with Crippen molar-refractivity contribution in [3.8, 4) is 0 Å². The minimum Gasteiger partial charge on any atom is -0.365 e. The van der Waals surface area contributed by atoms with Gasteiger partial charge in [0.15, 0.2) is 0 Å². The van der Waals surface area contributed by atoms with Crippen molar-refractivity contribution in [2.75, 3.05) is 18.0 Å². The van der Waals surface area contributed by atoms with Gasteiger partial charge in [-0.25, -0.2) is 0 Å². The molecule has 2 unspecified atom stereocenters. The summed E-state index contributed by atoms with van der Waals surface area (Å²) >= 11 is 10.0. The van der Waals surface area contributed by atoms with Gasteiger partial charge in [-0.3, -0.25) is 0 Å². The molecule has 4 heteroatoms. The summed E-state index contributed by atoms with van der Waals surface area (Å²) in [4.78, 5) is 2.47. The molecule has 1 aromatic carbocycles. The van der Waals surface area contributed by atoms with E-state index in [1.54, 1.807) is 0 Å². The van der Waals surface area contributed by atoms with Gasteiger partial charge in [-0.15, -0.1) is 0 Å². The lowest BCUT2D eigenvalue weighted by Crippen LogP contribution is -2.56. The number of rotatable bonds is 3. The number of nitrogens with one attached hydrogen (secondary N) is 1. The van der Waals surface area contributed by atoms with Gasteiger partial charge in [-0.05, 0) is 59.8 Å². The average Bonchev–Trinajstić information content (AvgIpc) is 2.36. The Morgan fingerprint density at radius 1 is 1.45 bits per heavy atom. The third-order valence-corrected chi connectivity index (χ3v) is 4.99. The maximum Gasteiger partial charge on any atom is 0.0529 e. The molecule has 0 spiro atoms. The van der Waals surface area contributed by atoms with Crippen LogP contribution in [0.5, 0.6) is 0 Å². The Morgan fingerprint density at radius 2 is 2.15 bits per heavy atom. The molecule has 0 bridgehead atoms. The Balaban J connectivity index is 2.23. The van der Waals surface area contributed by atoms with Gasteiger partial charge >= 0.3 is 0 Å². The van der Waals surface area contributed by atoms with Crippen molar-refractivity contribution in [3.63, 3.8) is 0 Å². The van der Waals surface area contributed by atoms with Crippen molar-refractivity contribution in [3.05, 3.63) is 27.2 Å². The molecule has 0 aliphatic carbocycles. The fourth-order valence-electron chi connectivity index (χ4n) is 2.85. The molecule has 2 rings (SSSR count). The second kappa shape index (κ2) is 6.67. The largest absolute Gasteiger partial charge is 0.365 e. The highest BCUT2D eigenvalue weighted by atomic mass is 79.9. The van der Waals surface area contributed by atoms with Gasteiger partial charge in [0, 0.05) is 34.7 Å². The summed E-state index contributed by atoms with van der Waals surface area (Å²) in [5.74, 6) is 0.716. The minimum atomic E-state index is 0.480. The van der Waals surface area contributed by atoms with E-state index in [9.17, 15) is 0 Å². The Hall–Kier alpha value is -0.250. The zero-order valence-electron chi connectivity index (χ0n) is 12.7. The Morgan fingerprint density at radius 3 is 2.80 bits per heavy atom. The first kappa shape index (κ1) is 16.1. The highest BCUT2D eigenvalue weighted by Gasteiger charge is 2.27. The van der Waals surface area contributed by atoms with Crippen LogP contribution in [0, 0.1) is 12.8 Å². The van der Waals surface area contributed by atoms with Crippen molar-refractivity contribution in [2.45, 2.75) is 46.2 Å². The number of hydrogen-bond acceptors (Lipinski definition) is 2. The summed E-state index contributed by atoms with van der Waals surface area (Å²) in [6.07, 6.45) is 1.21. The van der Waals surface area contributed by atoms with Crippen LogP contribution < -0.4 is 10.2 Å². The van der Waals surface area contributed by atoms with E-state index in [-0.39, 0.29) is 0 Å². The maximum atomic E-state index is 6.31. The number of piperazine rings is 1. The van der Waals surface area contributed by atoms with E-state index < -0.39 is 0 Å². The maximum absolute atomic E-state index is 6.31. The molecule has 0 radical (unpaired) electrons. The standard InChI is InChI=1S/C16H24BrClN2/c1-10(2)5-13-9-20(12(4)8-19-13)16-7-15(18)11(3)6-14(16)17/h6-7,10,12-13,19H,5,8-9H2,1-4H3. The zero-order valence-corrected chi connectivity index (χ0v) is 15.1. The zero-order chi connectivity index (χ0) is 14.9. The van der Waals surface area contributed by atoms with Gasteiger partial charge in [0.25, 0.3) is 0 Å². The molecule has 1 heterocycles. The molecule has 2 atom stereocenters. The van der Waals surface area contributed by atoms with Crippen LogP contribution in [0.2, 0.25) is 5.02 Å². The quantitative estimate of drug-likeness (QED) is 0.847. The molecule has 2 nitrogen and oxygen atoms in total.